The van der Waals surface area contributed by atoms with E-state index in [4.69, 9.17) is 14.9 Å². The standard InChI is InChI=1S/C12H17NO3/c1-15-6-9-7-16-11-5-8(2-3-13)4-10(14)12(9)11/h7-8H,2-6,13H2,1H3. The highest BCUT2D eigenvalue weighted by molar-refractivity contribution is 5.99. The van der Waals surface area contributed by atoms with E-state index in [2.05, 4.69) is 0 Å². The van der Waals surface area contributed by atoms with Gasteiger partial charge in [-0.15, -0.1) is 0 Å². The average Bonchev–Trinajstić information content (AvgIpc) is 2.63. The van der Waals surface area contributed by atoms with E-state index < -0.39 is 0 Å². The molecule has 0 aliphatic heterocycles. The number of ether oxygens (including phenoxy) is 1. The molecule has 2 N–H and O–H groups in total. The summed E-state index contributed by atoms with van der Waals surface area (Å²) in [5.74, 6) is 1.31. The summed E-state index contributed by atoms with van der Waals surface area (Å²) in [5, 5.41) is 0. The number of carbonyl (C=O) groups excluding carboxylic acids is 1. The minimum atomic E-state index is 0.167. The number of Topliss-reactive ketones (excluding diaryl/α,β-unsaturated/α-hetero) is 1. The molecule has 4 heteroatoms. The van der Waals surface area contributed by atoms with E-state index in [-0.39, 0.29) is 5.78 Å². The number of furan rings is 1. The maximum absolute atomic E-state index is 12.0. The smallest absolute Gasteiger partial charge is 0.167 e. The fourth-order valence-corrected chi connectivity index (χ4v) is 2.32. The van der Waals surface area contributed by atoms with Crippen LogP contribution in [0.1, 0.15) is 34.5 Å². The summed E-state index contributed by atoms with van der Waals surface area (Å²) < 4.78 is 10.5. The first-order chi connectivity index (χ1) is 7.76. The van der Waals surface area contributed by atoms with E-state index in [1.807, 2.05) is 0 Å². The third kappa shape index (κ3) is 2.03. The molecule has 1 aliphatic carbocycles. The zero-order valence-electron chi connectivity index (χ0n) is 9.49. The third-order valence-electron chi connectivity index (χ3n) is 3.05. The molecule has 88 valence electrons. The number of hydrogen-bond donors (Lipinski definition) is 1. The molecule has 1 heterocycles. The number of fused-ring (bicyclic) bond motifs is 1. The Morgan fingerprint density at radius 2 is 2.38 bits per heavy atom. The van der Waals surface area contributed by atoms with Crippen molar-refractivity contribution in [2.75, 3.05) is 13.7 Å². The lowest BCUT2D eigenvalue weighted by Crippen LogP contribution is -2.22. The fourth-order valence-electron chi connectivity index (χ4n) is 2.32. The molecule has 0 amide bonds. The van der Waals surface area contributed by atoms with Crippen LogP contribution in [0.4, 0.5) is 0 Å². The molecule has 0 saturated heterocycles. The molecule has 1 aliphatic rings. The zero-order chi connectivity index (χ0) is 11.5. The van der Waals surface area contributed by atoms with Crippen molar-refractivity contribution >= 4 is 5.78 Å². The van der Waals surface area contributed by atoms with Crippen molar-refractivity contribution in [2.24, 2.45) is 11.7 Å². The van der Waals surface area contributed by atoms with Gasteiger partial charge in [-0.25, -0.2) is 0 Å². The second kappa shape index (κ2) is 4.80. The van der Waals surface area contributed by atoms with E-state index in [9.17, 15) is 4.79 Å². The third-order valence-corrected chi connectivity index (χ3v) is 3.05. The van der Waals surface area contributed by atoms with Crippen LogP contribution < -0.4 is 5.73 Å². The number of carbonyl (C=O) groups is 1. The van der Waals surface area contributed by atoms with Crippen LogP contribution in [-0.4, -0.2) is 19.4 Å². The fraction of sp³-hybridized carbons (Fsp3) is 0.583. The Morgan fingerprint density at radius 3 is 3.06 bits per heavy atom. The number of nitrogens with two attached hydrogens (primary N) is 1. The molecule has 0 saturated carbocycles. The Kier molecular flexibility index (Phi) is 3.41. The Balaban J connectivity index is 2.22. The van der Waals surface area contributed by atoms with Gasteiger partial charge in [-0.2, -0.15) is 0 Å². The van der Waals surface area contributed by atoms with Gasteiger partial charge in [-0.1, -0.05) is 0 Å². The van der Waals surface area contributed by atoms with Crippen molar-refractivity contribution in [3.8, 4) is 0 Å². The van der Waals surface area contributed by atoms with Crippen LogP contribution >= 0.6 is 0 Å². The molecule has 2 rings (SSSR count). The molecule has 1 aromatic heterocycles. The van der Waals surface area contributed by atoms with Gasteiger partial charge in [0.1, 0.15) is 5.76 Å². The van der Waals surface area contributed by atoms with E-state index in [1.54, 1.807) is 13.4 Å². The predicted molar refractivity (Wildman–Crippen MR) is 59.2 cm³/mol. The van der Waals surface area contributed by atoms with Crippen molar-refractivity contribution in [3.05, 3.63) is 23.2 Å². The van der Waals surface area contributed by atoms with Gasteiger partial charge in [0, 0.05) is 25.5 Å². The average molecular weight is 223 g/mol. The zero-order valence-corrected chi connectivity index (χ0v) is 9.49. The van der Waals surface area contributed by atoms with Gasteiger partial charge in [0.15, 0.2) is 5.78 Å². The molecule has 4 nitrogen and oxygen atoms in total. The van der Waals surface area contributed by atoms with Crippen LogP contribution in [0.3, 0.4) is 0 Å². The van der Waals surface area contributed by atoms with E-state index in [1.165, 1.54) is 0 Å². The largest absolute Gasteiger partial charge is 0.468 e. The minimum Gasteiger partial charge on any atom is -0.468 e. The van der Waals surface area contributed by atoms with Gasteiger partial charge in [0.05, 0.1) is 18.4 Å². The molecule has 0 bridgehead atoms. The number of hydrogen-bond acceptors (Lipinski definition) is 4. The first-order valence-corrected chi connectivity index (χ1v) is 5.57. The van der Waals surface area contributed by atoms with E-state index >= 15 is 0 Å². The highest BCUT2D eigenvalue weighted by atomic mass is 16.5. The summed E-state index contributed by atoms with van der Waals surface area (Å²) in [6, 6.07) is 0. The lowest BCUT2D eigenvalue weighted by molar-refractivity contribution is 0.0937. The van der Waals surface area contributed by atoms with Crippen molar-refractivity contribution in [1.29, 1.82) is 0 Å². The molecule has 0 spiro atoms. The quantitative estimate of drug-likeness (QED) is 0.840. The van der Waals surface area contributed by atoms with Crippen LogP contribution in [0, 0.1) is 5.92 Å². The molecule has 1 unspecified atom stereocenters. The Hall–Kier alpha value is -1.13. The van der Waals surface area contributed by atoms with E-state index in [0.29, 0.717) is 25.5 Å². The number of rotatable bonds is 4. The van der Waals surface area contributed by atoms with Crippen molar-refractivity contribution in [3.63, 3.8) is 0 Å². The lowest BCUT2D eigenvalue weighted by atomic mass is 9.84. The second-order valence-electron chi connectivity index (χ2n) is 4.27. The van der Waals surface area contributed by atoms with Crippen molar-refractivity contribution in [2.45, 2.75) is 25.9 Å². The maximum atomic E-state index is 12.0. The molecule has 16 heavy (non-hydrogen) atoms. The second-order valence-corrected chi connectivity index (χ2v) is 4.27. The number of ketones is 1. The predicted octanol–water partition coefficient (Wildman–Crippen LogP) is 1.52. The summed E-state index contributed by atoms with van der Waals surface area (Å²) in [6.07, 6.45) is 3.92. The lowest BCUT2D eigenvalue weighted by Gasteiger charge is -2.19. The first-order valence-electron chi connectivity index (χ1n) is 5.57. The van der Waals surface area contributed by atoms with Gasteiger partial charge in [-0.05, 0) is 18.9 Å². The monoisotopic (exact) mass is 223 g/mol. The molecule has 0 radical (unpaired) electrons. The van der Waals surface area contributed by atoms with Crippen molar-refractivity contribution in [1.82, 2.24) is 0 Å². The van der Waals surface area contributed by atoms with Crippen LogP contribution in [0.2, 0.25) is 0 Å². The Labute approximate surface area is 94.8 Å². The van der Waals surface area contributed by atoms with Gasteiger partial charge < -0.3 is 14.9 Å². The van der Waals surface area contributed by atoms with Crippen molar-refractivity contribution < 1.29 is 13.9 Å². The molecule has 0 aromatic carbocycles. The topological polar surface area (TPSA) is 65.5 Å². The summed E-state index contributed by atoms with van der Waals surface area (Å²) in [5.41, 5.74) is 7.13. The molecule has 1 atom stereocenters. The Morgan fingerprint density at radius 1 is 1.56 bits per heavy atom. The van der Waals surface area contributed by atoms with E-state index in [0.717, 1.165) is 29.7 Å². The van der Waals surface area contributed by atoms with Crippen LogP contribution in [-0.2, 0) is 17.8 Å². The highest BCUT2D eigenvalue weighted by Gasteiger charge is 2.29. The van der Waals surface area contributed by atoms with Gasteiger partial charge >= 0.3 is 0 Å². The molecular weight excluding hydrogens is 206 g/mol. The molecule has 1 aromatic rings. The normalized spacial score (nSPS) is 19.9. The maximum Gasteiger partial charge on any atom is 0.167 e. The highest BCUT2D eigenvalue weighted by Crippen LogP contribution is 2.31. The SMILES string of the molecule is COCc1coc2c1C(=O)CC(CCN)C2. The van der Waals surface area contributed by atoms with Crippen LogP contribution in [0.25, 0.3) is 0 Å². The molecular formula is C12H17NO3. The van der Waals surface area contributed by atoms with Gasteiger partial charge in [0.25, 0.3) is 0 Å². The summed E-state index contributed by atoms with van der Waals surface area (Å²) in [7, 11) is 1.62. The Bertz CT molecular complexity index is 384. The summed E-state index contributed by atoms with van der Waals surface area (Å²) in [4.78, 5) is 12.0. The van der Waals surface area contributed by atoms with Crippen LogP contribution in [0.15, 0.2) is 10.7 Å². The first kappa shape index (κ1) is 11.4. The van der Waals surface area contributed by atoms with Gasteiger partial charge in [-0.3, -0.25) is 4.79 Å². The van der Waals surface area contributed by atoms with Crippen LogP contribution in [0.5, 0.6) is 0 Å². The summed E-state index contributed by atoms with van der Waals surface area (Å²) in [6.45, 7) is 1.06. The minimum absolute atomic E-state index is 0.167. The number of methoxy groups -OCH3 is 1. The summed E-state index contributed by atoms with van der Waals surface area (Å²) >= 11 is 0. The van der Waals surface area contributed by atoms with Gasteiger partial charge in [0.2, 0.25) is 0 Å². The molecule has 0 fully saturated rings.